The maximum Gasteiger partial charge on any atom is 0.194 e. The maximum atomic E-state index is 6.04. The first-order chi connectivity index (χ1) is 11.5. The third-order valence-corrected chi connectivity index (χ3v) is 4.28. The van der Waals surface area contributed by atoms with Crippen molar-refractivity contribution in [3.05, 3.63) is 63.9 Å². The van der Waals surface area contributed by atoms with Crippen molar-refractivity contribution in [2.75, 3.05) is 0 Å². The van der Waals surface area contributed by atoms with E-state index in [9.17, 15) is 0 Å². The van der Waals surface area contributed by atoms with Gasteiger partial charge in [-0.1, -0.05) is 41.9 Å². The first-order valence-corrected chi connectivity index (χ1v) is 8.60. The van der Waals surface area contributed by atoms with Gasteiger partial charge in [0.15, 0.2) is 5.82 Å². The van der Waals surface area contributed by atoms with E-state index in [-0.39, 0.29) is 0 Å². The highest BCUT2D eigenvalue weighted by Gasteiger charge is 2.12. The van der Waals surface area contributed by atoms with Crippen molar-refractivity contribution >= 4 is 15.9 Å². The topological polar surface area (TPSA) is 52.8 Å². The molecule has 3 rings (SSSR count). The van der Waals surface area contributed by atoms with Gasteiger partial charge in [0.1, 0.15) is 12.4 Å². The van der Waals surface area contributed by atoms with E-state index in [0.29, 0.717) is 18.3 Å². The molecular weight excluding hydrogens is 368 g/mol. The highest BCUT2D eigenvalue weighted by Crippen LogP contribution is 2.28. The molecule has 0 saturated heterocycles. The Morgan fingerprint density at radius 3 is 2.58 bits per heavy atom. The third-order valence-electron chi connectivity index (χ3n) is 3.75. The highest BCUT2D eigenvalue weighted by molar-refractivity contribution is 9.10. The Hall–Kier alpha value is -2.21. The Bertz CT molecular complexity index is 827. The molecule has 0 bridgehead atoms. The van der Waals surface area contributed by atoms with Gasteiger partial charge in [-0.05, 0) is 64.7 Å². The first kappa shape index (κ1) is 16.6. The number of ether oxygens (including phenoxy) is 1. The average Bonchev–Trinajstić information content (AvgIpc) is 3.02. The molecular formula is C18H19BrN4O. The summed E-state index contributed by atoms with van der Waals surface area (Å²) in [5, 5.41) is 11.9. The van der Waals surface area contributed by atoms with Crippen LogP contribution in [0.5, 0.6) is 5.75 Å². The van der Waals surface area contributed by atoms with Crippen LogP contribution in [-0.4, -0.2) is 20.2 Å². The molecule has 0 fully saturated rings. The van der Waals surface area contributed by atoms with E-state index in [2.05, 4.69) is 70.4 Å². The molecule has 3 aromatic rings. The molecule has 1 heterocycles. The Balaban J connectivity index is 1.83. The fourth-order valence-corrected chi connectivity index (χ4v) is 2.73. The van der Waals surface area contributed by atoms with Crippen LogP contribution in [0.15, 0.2) is 46.9 Å². The molecule has 0 aliphatic rings. The third kappa shape index (κ3) is 3.64. The van der Waals surface area contributed by atoms with Crippen LogP contribution in [0.25, 0.3) is 5.69 Å². The van der Waals surface area contributed by atoms with E-state index in [1.165, 1.54) is 11.1 Å². The average molecular weight is 387 g/mol. The van der Waals surface area contributed by atoms with Gasteiger partial charge >= 0.3 is 0 Å². The van der Waals surface area contributed by atoms with E-state index < -0.39 is 0 Å². The number of aryl methyl sites for hydroxylation is 1. The fourth-order valence-electron chi connectivity index (χ4n) is 2.46. The summed E-state index contributed by atoms with van der Waals surface area (Å²) in [5.41, 5.74) is 3.25. The second-order valence-corrected chi connectivity index (χ2v) is 6.88. The minimum Gasteiger partial charge on any atom is -0.485 e. The molecule has 0 unspecified atom stereocenters. The van der Waals surface area contributed by atoms with Crippen molar-refractivity contribution in [3.8, 4) is 11.4 Å². The van der Waals surface area contributed by atoms with Crippen molar-refractivity contribution in [1.82, 2.24) is 20.2 Å². The number of benzene rings is 2. The first-order valence-electron chi connectivity index (χ1n) is 7.81. The summed E-state index contributed by atoms with van der Waals surface area (Å²) in [6.07, 6.45) is 0. The zero-order chi connectivity index (χ0) is 17.1. The SMILES string of the molecule is Cc1ccc(C(C)C)c(OCc2nnnn2-c2ccc(Br)cc2)c1. The molecule has 1 aromatic heterocycles. The Morgan fingerprint density at radius 1 is 1.12 bits per heavy atom. The van der Waals surface area contributed by atoms with Crippen LogP contribution < -0.4 is 4.74 Å². The van der Waals surface area contributed by atoms with Gasteiger partial charge in [0.05, 0.1) is 5.69 Å². The number of hydrogen-bond donors (Lipinski definition) is 0. The standard InChI is InChI=1S/C18H19BrN4O/c1-12(2)16-9-4-13(3)10-17(16)24-11-18-20-21-22-23(18)15-7-5-14(19)6-8-15/h4-10,12H,11H2,1-3H3. The van der Waals surface area contributed by atoms with Gasteiger partial charge in [-0.15, -0.1) is 5.10 Å². The van der Waals surface area contributed by atoms with E-state index in [1.54, 1.807) is 4.68 Å². The van der Waals surface area contributed by atoms with Crippen molar-refractivity contribution in [2.24, 2.45) is 0 Å². The minimum atomic E-state index is 0.312. The lowest BCUT2D eigenvalue weighted by Crippen LogP contribution is -2.08. The fraction of sp³-hybridized carbons (Fsp3) is 0.278. The predicted octanol–water partition coefficient (Wildman–Crippen LogP) is 4.44. The summed E-state index contributed by atoms with van der Waals surface area (Å²) in [4.78, 5) is 0. The zero-order valence-electron chi connectivity index (χ0n) is 13.9. The van der Waals surface area contributed by atoms with Crippen molar-refractivity contribution in [3.63, 3.8) is 0 Å². The van der Waals surface area contributed by atoms with Crippen LogP contribution in [0.1, 0.15) is 36.7 Å². The van der Waals surface area contributed by atoms with Gasteiger partial charge in [0.2, 0.25) is 0 Å². The van der Waals surface area contributed by atoms with E-state index in [4.69, 9.17) is 4.74 Å². The quantitative estimate of drug-likeness (QED) is 0.650. The van der Waals surface area contributed by atoms with E-state index in [0.717, 1.165) is 15.9 Å². The maximum absolute atomic E-state index is 6.04. The van der Waals surface area contributed by atoms with Crippen LogP contribution in [-0.2, 0) is 6.61 Å². The Morgan fingerprint density at radius 2 is 1.88 bits per heavy atom. The molecule has 0 amide bonds. The highest BCUT2D eigenvalue weighted by atomic mass is 79.9. The van der Waals surface area contributed by atoms with E-state index in [1.807, 2.05) is 24.3 Å². The van der Waals surface area contributed by atoms with Crippen LogP contribution in [0.3, 0.4) is 0 Å². The molecule has 0 aliphatic carbocycles. The van der Waals surface area contributed by atoms with Gasteiger partial charge in [0, 0.05) is 4.47 Å². The lowest BCUT2D eigenvalue weighted by Gasteiger charge is -2.14. The van der Waals surface area contributed by atoms with Gasteiger partial charge in [-0.25, -0.2) is 0 Å². The molecule has 24 heavy (non-hydrogen) atoms. The normalized spacial score (nSPS) is 11.0. The largest absolute Gasteiger partial charge is 0.485 e. The number of hydrogen-bond acceptors (Lipinski definition) is 4. The molecule has 2 aromatic carbocycles. The number of nitrogens with zero attached hydrogens (tertiary/aromatic N) is 4. The van der Waals surface area contributed by atoms with Gasteiger partial charge in [-0.3, -0.25) is 0 Å². The zero-order valence-corrected chi connectivity index (χ0v) is 15.5. The molecule has 0 aliphatic heterocycles. The van der Waals surface area contributed by atoms with Crippen molar-refractivity contribution in [2.45, 2.75) is 33.3 Å². The van der Waals surface area contributed by atoms with Crippen molar-refractivity contribution in [1.29, 1.82) is 0 Å². The Labute approximate surface area is 149 Å². The molecule has 5 nitrogen and oxygen atoms in total. The van der Waals surface area contributed by atoms with Crippen LogP contribution in [0, 0.1) is 6.92 Å². The lowest BCUT2D eigenvalue weighted by atomic mass is 10.0. The van der Waals surface area contributed by atoms with Crippen LogP contribution in [0.4, 0.5) is 0 Å². The number of halogens is 1. The van der Waals surface area contributed by atoms with E-state index >= 15 is 0 Å². The summed E-state index contributed by atoms with van der Waals surface area (Å²) >= 11 is 3.43. The van der Waals surface area contributed by atoms with Crippen LogP contribution in [0.2, 0.25) is 0 Å². The number of rotatable bonds is 5. The smallest absolute Gasteiger partial charge is 0.194 e. The van der Waals surface area contributed by atoms with Gasteiger partial charge in [0.25, 0.3) is 0 Å². The molecule has 0 saturated carbocycles. The summed E-state index contributed by atoms with van der Waals surface area (Å²) < 4.78 is 8.74. The lowest BCUT2D eigenvalue weighted by molar-refractivity contribution is 0.288. The molecule has 0 atom stereocenters. The van der Waals surface area contributed by atoms with Gasteiger partial charge < -0.3 is 4.74 Å². The Kier molecular flexibility index (Phi) is 4.94. The van der Waals surface area contributed by atoms with Crippen LogP contribution >= 0.6 is 15.9 Å². The van der Waals surface area contributed by atoms with Gasteiger partial charge in [-0.2, -0.15) is 4.68 Å². The minimum absolute atomic E-state index is 0.312. The summed E-state index contributed by atoms with van der Waals surface area (Å²) in [7, 11) is 0. The number of aromatic nitrogens is 4. The second kappa shape index (κ2) is 7.13. The summed E-state index contributed by atoms with van der Waals surface area (Å²) in [6, 6.07) is 14.1. The van der Waals surface area contributed by atoms with Crippen molar-refractivity contribution < 1.29 is 4.74 Å². The molecule has 124 valence electrons. The summed E-state index contributed by atoms with van der Waals surface area (Å²) in [5.74, 6) is 1.94. The predicted molar refractivity (Wildman–Crippen MR) is 96.5 cm³/mol. The molecule has 6 heteroatoms. The second-order valence-electron chi connectivity index (χ2n) is 5.97. The molecule has 0 radical (unpaired) electrons. The monoisotopic (exact) mass is 386 g/mol. The number of tetrazole rings is 1. The molecule has 0 spiro atoms. The summed E-state index contributed by atoms with van der Waals surface area (Å²) in [6.45, 7) is 6.68. The molecule has 0 N–H and O–H groups in total.